The largest absolute Gasteiger partial charge is 0.427 e. The monoisotopic (exact) mass is 394 g/mol. The number of carbonyl (C=O) groups is 1. The standard InChI is InChI=1S/C14H20Br2O3/c1-7(2)9-5-4-8(3)6-10(9)18-14-12(16)11(15)13(17)19-14/h7-10,14H,4-6H2,1-3H3/t8?,9?,10?,14-/m0/s1. The first-order chi connectivity index (χ1) is 8.90. The second-order valence-corrected chi connectivity index (χ2v) is 7.55. The maximum atomic E-state index is 11.5. The zero-order valence-corrected chi connectivity index (χ0v) is 14.7. The molecule has 0 spiro atoms. The number of ether oxygens (including phenoxy) is 2. The van der Waals surface area contributed by atoms with Gasteiger partial charge in [0, 0.05) is 0 Å². The summed E-state index contributed by atoms with van der Waals surface area (Å²) in [6.07, 6.45) is 3.06. The molecule has 0 radical (unpaired) electrons. The molecule has 2 aliphatic rings. The van der Waals surface area contributed by atoms with Gasteiger partial charge in [0.1, 0.15) is 4.48 Å². The highest BCUT2D eigenvalue weighted by molar-refractivity contribution is 9.14. The zero-order valence-electron chi connectivity index (χ0n) is 11.5. The molecule has 0 aromatic carbocycles. The SMILES string of the molecule is CC1CCC(C(C)C)C(O[C@H]2OC(=O)C(Br)=C2Br)C1. The fourth-order valence-electron chi connectivity index (χ4n) is 2.92. The van der Waals surface area contributed by atoms with Crippen LogP contribution in [0.2, 0.25) is 0 Å². The molecule has 0 amide bonds. The van der Waals surface area contributed by atoms with Gasteiger partial charge in [-0.05, 0) is 62.5 Å². The molecule has 4 atom stereocenters. The van der Waals surface area contributed by atoms with Gasteiger partial charge in [0.2, 0.25) is 6.29 Å². The van der Waals surface area contributed by atoms with Crippen molar-refractivity contribution < 1.29 is 14.3 Å². The van der Waals surface area contributed by atoms with E-state index in [1.54, 1.807) is 0 Å². The van der Waals surface area contributed by atoms with Crippen molar-refractivity contribution in [1.82, 2.24) is 0 Å². The summed E-state index contributed by atoms with van der Waals surface area (Å²) in [5.41, 5.74) is 0. The lowest BCUT2D eigenvalue weighted by Crippen LogP contribution is -2.37. The molecule has 1 aliphatic heterocycles. The van der Waals surface area contributed by atoms with E-state index in [1.807, 2.05) is 0 Å². The van der Waals surface area contributed by atoms with Crippen LogP contribution in [-0.4, -0.2) is 18.4 Å². The first-order valence-electron chi connectivity index (χ1n) is 6.81. The molecular weight excluding hydrogens is 376 g/mol. The van der Waals surface area contributed by atoms with Gasteiger partial charge < -0.3 is 9.47 Å². The van der Waals surface area contributed by atoms with Gasteiger partial charge in [-0.15, -0.1) is 0 Å². The summed E-state index contributed by atoms with van der Waals surface area (Å²) in [5.74, 6) is 1.43. The first-order valence-corrected chi connectivity index (χ1v) is 8.40. The van der Waals surface area contributed by atoms with Gasteiger partial charge in [-0.25, -0.2) is 4.79 Å². The molecule has 5 heteroatoms. The number of cyclic esters (lactones) is 1. The highest BCUT2D eigenvalue weighted by Gasteiger charge is 2.38. The molecule has 3 nitrogen and oxygen atoms in total. The van der Waals surface area contributed by atoms with E-state index in [0.717, 1.165) is 6.42 Å². The molecule has 1 saturated carbocycles. The average Bonchev–Trinajstić information content (AvgIpc) is 2.57. The van der Waals surface area contributed by atoms with Gasteiger partial charge in [-0.2, -0.15) is 0 Å². The predicted octanol–water partition coefficient (Wildman–Crippen LogP) is 4.35. The lowest BCUT2D eigenvalue weighted by molar-refractivity contribution is -0.179. The zero-order chi connectivity index (χ0) is 14.2. The first kappa shape index (κ1) is 15.5. The van der Waals surface area contributed by atoms with Crippen molar-refractivity contribution in [2.24, 2.45) is 17.8 Å². The van der Waals surface area contributed by atoms with Gasteiger partial charge in [-0.1, -0.05) is 27.2 Å². The highest BCUT2D eigenvalue weighted by atomic mass is 79.9. The Hall–Kier alpha value is 0.130. The molecule has 3 unspecified atom stereocenters. The van der Waals surface area contributed by atoms with Crippen LogP contribution < -0.4 is 0 Å². The van der Waals surface area contributed by atoms with Crippen LogP contribution in [0.1, 0.15) is 40.0 Å². The van der Waals surface area contributed by atoms with Crippen molar-refractivity contribution in [1.29, 1.82) is 0 Å². The molecule has 108 valence electrons. The predicted molar refractivity (Wildman–Crippen MR) is 81.0 cm³/mol. The summed E-state index contributed by atoms with van der Waals surface area (Å²) < 4.78 is 12.4. The maximum Gasteiger partial charge on any atom is 0.348 e. The third-order valence-electron chi connectivity index (χ3n) is 4.07. The molecule has 0 saturated heterocycles. The number of esters is 1. The number of halogens is 2. The summed E-state index contributed by atoms with van der Waals surface area (Å²) in [7, 11) is 0. The van der Waals surface area contributed by atoms with Gasteiger partial charge in [0.15, 0.2) is 0 Å². The lowest BCUT2D eigenvalue weighted by atomic mass is 9.75. The van der Waals surface area contributed by atoms with E-state index in [-0.39, 0.29) is 12.1 Å². The second-order valence-electron chi connectivity index (χ2n) is 5.90. The van der Waals surface area contributed by atoms with Crippen molar-refractivity contribution >= 4 is 37.8 Å². The van der Waals surface area contributed by atoms with Crippen molar-refractivity contribution in [3.05, 3.63) is 8.96 Å². The highest BCUT2D eigenvalue weighted by Crippen LogP contribution is 2.39. The van der Waals surface area contributed by atoms with E-state index in [9.17, 15) is 4.79 Å². The summed E-state index contributed by atoms with van der Waals surface area (Å²) in [5, 5.41) is 0. The number of hydrogen-bond donors (Lipinski definition) is 0. The summed E-state index contributed by atoms with van der Waals surface area (Å²) in [4.78, 5) is 11.5. The summed E-state index contributed by atoms with van der Waals surface area (Å²) >= 11 is 6.58. The fourth-order valence-corrected chi connectivity index (χ4v) is 3.56. The number of carbonyl (C=O) groups excluding carboxylic acids is 1. The topological polar surface area (TPSA) is 35.5 Å². The third-order valence-corrected chi connectivity index (χ3v) is 6.12. The van der Waals surface area contributed by atoms with Gasteiger partial charge in [0.25, 0.3) is 0 Å². The fraction of sp³-hybridized carbons (Fsp3) is 0.786. The molecule has 0 bridgehead atoms. The van der Waals surface area contributed by atoms with Gasteiger partial charge >= 0.3 is 5.97 Å². The minimum atomic E-state index is -0.585. The molecule has 0 aromatic rings. The van der Waals surface area contributed by atoms with Crippen LogP contribution in [0.4, 0.5) is 0 Å². The Labute approximate surface area is 131 Å². The molecule has 1 aliphatic carbocycles. The molecule has 2 rings (SSSR count). The molecular formula is C14H20Br2O3. The van der Waals surface area contributed by atoms with Crippen molar-refractivity contribution in [2.45, 2.75) is 52.4 Å². The quantitative estimate of drug-likeness (QED) is 0.666. The Kier molecular flexibility index (Phi) is 5.12. The van der Waals surface area contributed by atoms with Crippen LogP contribution in [0.15, 0.2) is 8.96 Å². The number of rotatable bonds is 3. The smallest absolute Gasteiger partial charge is 0.348 e. The number of hydrogen-bond acceptors (Lipinski definition) is 3. The van der Waals surface area contributed by atoms with E-state index >= 15 is 0 Å². The molecule has 1 fully saturated rings. The maximum absolute atomic E-state index is 11.5. The van der Waals surface area contributed by atoms with Crippen LogP contribution >= 0.6 is 31.9 Å². The van der Waals surface area contributed by atoms with Crippen molar-refractivity contribution in [2.75, 3.05) is 0 Å². The van der Waals surface area contributed by atoms with Gasteiger partial charge in [-0.3, -0.25) is 0 Å². The Morgan fingerprint density at radius 1 is 1.32 bits per heavy atom. The lowest BCUT2D eigenvalue weighted by Gasteiger charge is -2.38. The third kappa shape index (κ3) is 3.42. The minimum absolute atomic E-state index is 0.160. The van der Waals surface area contributed by atoms with Crippen LogP contribution in [0.25, 0.3) is 0 Å². The average molecular weight is 396 g/mol. The molecule has 0 aromatic heterocycles. The van der Waals surface area contributed by atoms with Crippen molar-refractivity contribution in [3.8, 4) is 0 Å². The van der Waals surface area contributed by atoms with Crippen LogP contribution in [0.5, 0.6) is 0 Å². The summed E-state index contributed by atoms with van der Waals surface area (Å²) in [6, 6.07) is 0. The molecule has 1 heterocycles. The van der Waals surface area contributed by atoms with Crippen LogP contribution in [0.3, 0.4) is 0 Å². The van der Waals surface area contributed by atoms with Crippen LogP contribution in [0, 0.1) is 17.8 Å². The second kappa shape index (κ2) is 6.27. The van der Waals surface area contributed by atoms with E-state index < -0.39 is 6.29 Å². The Balaban J connectivity index is 2.06. The summed E-state index contributed by atoms with van der Waals surface area (Å²) in [6.45, 7) is 6.73. The van der Waals surface area contributed by atoms with E-state index in [4.69, 9.17) is 9.47 Å². The minimum Gasteiger partial charge on any atom is -0.427 e. The van der Waals surface area contributed by atoms with Crippen LogP contribution in [-0.2, 0) is 14.3 Å². The van der Waals surface area contributed by atoms with E-state index in [1.165, 1.54) is 12.8 Å². The molecule has 19 heavy (non-hydrogen) atoms. The Morgan fingerprint density at radius 2 is 2.00 bits per heavy atom. The normalized spacial score (nSPS) is 36.0. The van der Waals surface area contributed by atoms with Crippen molar-refractivity contribution in [3.63, 3.8) is 0 Å². The van der Waals surface area contributed by atoms with E-state index in [2.05, 4.69) is 52.6 Å². The molecule has 0 N–H and O–H groups in total. The van der Waals surface area contributed by atoms with E-state index in [0.29, 0.717) is 26.7 Å². The Bertz CT molecular complexity index is 392. The Morgan fingerprint density at radius 3 is 2.53 bits per heavy atom. The van der Waals surface area contributed by atoms with Gasteiger partial charge in [0.05, 0.1) is 10.6 Å².